The molecule has 1 atom stereocenters. The van der Waals surface area contributed by atoms with Gasteiger partial charge in [0, 0.05) is 0 Å². The topological polar surface area (TPSA) is 35.2 Å². The van der Waals surface area contributed by atoms with Crippen LogP contribution in [0.4, 0.5) is 8.78 Å². The predicted molar refractivity (Wildman–Crippen MR) is 50.7 cm³/mol. The van der Waals surface area contributed by atoms with E-state index < -0.39 is 12.5 Å². The van der Waals surface area contributed by atoms with E-state index >= 15 is 0 Å². The Morgan fingerprint density at radius 3 is 2.43 bits per heavy atom. The van der Waals surface area contributed by atoms with Crippen LogP contribution in [0.2, 0.25) is 0 Å². The lowest BCUT2D eigenvalue weighted by molar-refractivity contribution is 0.116. The number of ether oxygens (including phenoxy) is 1. The maximum absolute atomic E-state index is 12.3. The Kier molecular flexibility index (Phi) is 3.41. The van der Waals surface area contributed by atoms with Crippen molar-refractivity contribution >= 4 is 0 Å². The molecule has 0 fully saturated rings. The average Bonchev–Trinajstić information content (AvgIpc) is 2.16. The van der Waals surface area contributed by atoms with Crippen LogP contribution in [0.1, 0.15) is 17.2 Å². The Balaban J connectivity index is 2.99. The zero-order valence-electron chi connectivity index (χ0n) is 8.13. The molecule has 1 rings (SSSR count). The fraction of sp³-hybridized carbons (Fsp3) is 0.400. The quantitative estimate of drug-likeness (QED) is 0.814. The Bertz CT molecular complexity index is 315. The van der Waals surface area contributed by atoms with Gasteiger partial charge in [-0.05, 0) is 30.2 Å². The van der Waals surface area contributed by atoms with Crippen molar-refractivity contribution in [1.29, 1.82) is 0 Å². The van der Waals surface area contributed by atoms with Crippen molar-refractivity contribution in [2.75, 3.05) is 7.11 Å². The molecule has 0 heterocycles. The van der Waals surface area contributed by atoms with Crippen molar-refractivity contribution in [3.63, 3.8) is 0 Å². The lowest BCUT2D eigenvalue weighted by Crippen LogP contribution is -2.19. The number of aryl methyl sites for hydroxylation is 1. The van der Waals surface area contributed by atoms with Crippen molar-refractivity contribution in [2.24, 2.45) is 5.73 Å². The molecule has 0 unspecified atom stereocenters. The van der Waals surface area contributed by atoms with Crippen molar-refractivity contribution in [1.82, 2.24) is 0 Å². The van der Waals surface area contributed by atoms with E-state index in [0.717, 1.165) is 5.56 Å². The summed E-state index contributed by atoms with van der Waals surface area (Å²) >= 11 is 0. The molecule has 1 aromatic carbocycles. The smallest absolute Gasteiger partial charge is 0.257 e. The highest BCUT2D eigenvalue weighted by molar-refractivity contribution is 5.36. The van der Waals surface area contributed by atoms with Gasteiger partial charge in [0.05, 0.1) is 13.2 Å². The largest absolute Gasteiger partial charge is 0.497 e. The van der Waals surface area contributed by atoms with Crippen LogP contribution in [0.3, 0.4) is 0 Å². The molecule has 0 saturated carbocycles. The number of halogens is 2. The lowest BCUT2D eigenvalue weighted by atomic mass is 10.0. The van der Waals surface area contributed by atoms with E-state index in [4.69, 9.17) is 10.5 Å². The Hall–Kier alpha value is -1.16. The van der Waals surface area contributed by atoms with Gasteiger partial charge in [0.2, 0.25) is 0 Å². The molecule has 0 amide bonds. The predicted octanol–water partition coefficient (Wildman–Crippen LogP) is 2.27. The average molecular weight is 201 g/mol. The van der Waals surface area contributed by atoms with Crippen LogP contribution < -0.4 is 10.5 Å². The van der Waals surface area contributed by atoms with Crippen LogP contribution in [0.15, 0.2) is 18.2 Å². The highest BCUT2D eigenvalue weighted by Gasteiger charge is 2.19. The Labute approximate surface area is 81.7 Å². The molecule has 14 heavy (non-hydrogen) atoms. The second-order valence-electron chi connectivity index (χ2n) is 3.08. The van der Waals surface area contributed by atoms with Crippen LogP contribution in [0.25, 0.3) is 0 Å². The van der Waals surface area contributed by atoms with Gasteiger partial charge < -0.3 is 10.5 Å². The van der Waals surface area contributed by atoms with Crippen molar-refractivity contribution in [2.45, 2.75) is 19.4 Å². The van der Waals surface area contributed by atoms with Crippen LogP contribution in [-0.2, 0) is 0 Å². The van der Waals surface area contributed by atoms with E-state index in [1.807, 2.05) is 0 Å². The first-order chi connectivity index (χ1) is 6.56. The monoisotopic (exact) mass is 201 g/mol. The number of alkyl halides is 2. The zero-order valence-corrected chi connectivity index (χ0v) is 8.13. The van der Waals surface area contributed by atoms with Gasteiger partial charge in [-0.15, -0.1) is 0 Å². The maximum atomic E-state index is 12.3. The van der Waals surface area contributed by atoms with Gasteiger partial charge in [0.15, 0.2) is 0 Å². The Morgan fingerprint density at radius 1 is 1.36 bits per heavy atom. The third kappa shape index (κ3) is 2.20. The fourth-order valence-corrected chi connectivity index (χ4v) is 1.28. The molecule has 0 aliphatic rings. The van der Waals surface area contributed by atoms with E-state index in [1.54, 1.807) is 25.1 Å². The molecule has 0 aliphatic carbocycles. The normalized spacial score (nSPS) is 13.0. The third-order valence-electron chi connectivity index (χ3n) is 2.11. The minimum absolute atomic E-state index is 0.459. The lowest BCUT2D eigenvalue weighted by Gasteiger charge is -2.14. The standard InChI is InChI=1S/C10H13F2NO/c1-6-5-7(14-2)3-4-8(6)9(13)10(11)12/h3-5,9-10H,13H2,1-2H3/t9-/m1/s1. The first-order valence-corrected chi connectivity index (χ1v) is 4.24. The molecule has 4 heteroatoms. The summed E-state index contributed by atoms with van der Waals surface area (Å²) in [5.74, 6) is 0.646. The number of hydrogen-bond acceptors (Lipinski definition) is 2. The molecule has 0 saturated heterocycles. The summed E-state index contributed by atoms with van der Waals surface area (Å²) in [6, 6.07) is 3.67. The fourth-order valence-electron chi connectivity index (χ4n) is 1.28. The highest BCUT2D eigenvalue weighted by Crippen LogP contribution is 2.24. The van der Waals surface area contributed by atoms with E-state index in [-0.39, 0.29) is 0 Å². The molecule has 0 radical (unpaired) electrons. The number of benzene rings is 1. The highest BCUT2D eigenvalue weighted by atomic mass is 19.3. The van der Waals surface area contributed by atoms with Crippen LogP contribution in [-0.4, -0.2) is 13.5 Å². The minimum Gasteiger partial charge on any atom is -0.497 e. The molecule has 0 aliphatic heterocycles. The van der Waals surface area contributed by atoms with Crippen LogP contribution >= 0.6 is 0 Å². The van der Waals surface area contributed by atoms with E-state index in [9.17, 15) is 8.78 Å². The van der Waals surface area contributed by atoms with E-state index in [1.165, 1.54) is 7.11 Å². The number of methoxy groups -OCH3 is 1. The summed E-state index contributed by atoms with van der Waals surface area (Å²) in [5, 5.41) is 0. The molecule has 1 aromatic rings. The van der Waals surface area contributed by atoms with Crippen molar-refractivity contribution < 1.29 is 13.5 Å². The van der Waals surface area contributed by atoms with Gasteiger partial charge in [-0.25, -0.2) is 8.78 Å². The van der Waals surface area contributed by atoms with E-state index in [0.29, 0.717) is 11.3 Å². The van der Waals surface area contributed by atoms with Gasteiger partial charge in [0.1, 0.15) is 5.75 Å². The summed E-state index contributed by atoms with van der Waals surface area (Å²) in [6.45, 7) is 1.74. The summed E-state index contributed by atoms with van der Waals surface area (Å²) in [4.78, 5) is 0. The number of rotatable bonds is 3. The second-order valence-corrected chi connectivity index (χ2v) is 3.08. The molecule has 2 nitrogen and oxygen atoms in total. The van der Waals surface area contributed by atoms with Crippen molar-refractivity contribution in [3.05, 3.63) is 29.3 Å². The first-order valence-electron chi connectivity index (χ1n) is 4.24. The number of nitrogens with two attached hydrogens (primary N) is 1. The molecule has 0 bridgehead atoms. The first kappa shape index (κ1) is 10.9. The molecule has 2 N–H and O–H groups in total. The van der Waals surface area contributed by atoms with Crippen molar-refractivity contribution in [3.8, 4) is 5.75 Å². The van der Waals surface area contributed by atoms with Crippen LogP contribution in [0, 0.1) is 6.92 Å². The summed E-state index contributed by atoms with van der Waals surface area (Å²) in [6.07, 6.45) is -2.54. The van der Waals surface area contributed by atoms with Gasteiger partial charge in [-0.3, -0.25) is 0 Å². The zero-order chi connectivity index (χ0) is 10.7. The SMILES string of the molecule is COc1ccc([C@@H](N)C(F)F)c(C)c1. The Morgan fingerprint density at radius 2 is 2.00 bits per heavy atom. The molecule has 0 spiro atoms. The minimum atomic E-state index is -2.54. The van der Waals surface area contributed by atoms with Gasteiger partial charge in [-0.1, -0.05) is 6.07 Å². The van der Waals surface area contributed by atoms with Gasteiger partial charge in [-0.2, -0.15) is 0 Å². The van der Waals surface area contributed by atoms with Gasteiger partial charge in [0.25, 0.3) is 6.43 Å². The summed E-state index contributed by atoms with van der Waals surface area (Å²) < 4.78 is 29.6. The third-order valence-corrected chi connectivity index (χ3v) is 2.11. The van der Waals surface area contributed by atoms with Crippen LogP contribution in [0.5, 0.6) is 5.75 Å². The molecular formula is C10H13F2NO. The molecule has 0 aromatic heterocycles. The molecule has 78 valence electrons. The summed E-state index contributed by atoms with van der Waals surface area (Å²) in [5.41, 5.74) is 6.52. The second kappa shape index (κ2) is 4.37. The van der Waals surface area contributed by atoms with Gasteiger partial charge >= 0.3 is 0 Å². The van der Waals surface area contributed by atoms with E-state index in [2.05, 4.69) is 0 Å². The summed E-state index contributed by atoms with van der Waals surface area (Å²) in [7, 11) is 1.53. The maximum Gasteiger partial charge on any atom is 0.257 e. The molecular weight excluding hydrogens is 188 g/mol. The number of hydrogen-bond donors (Lipinski definition) is 1.